The number of benzene rings is 1. The van der Waals surface area contributed by atoms with E-state index in [1.54, 1.807) is 11.3 Å². The summed E-state index contributed by atoms with van der Waals surface area (Å²) in [6, 6.07) is 8.80. The third-order valence-corrected chi connectivity index (χ3v) is 5.51. The summed E-state index contributed by atoms with van der Waals surface area (Å²) < 4.78 is 2.29. The third-order valence-electron chi connectivity index (χ3n) is 4.36. The fourth-order valence-corrected chi connectivity index (χ4v) is 3.94. The molecule has 0 spiro atoms. The molecule has 3 aromatic rings. The zero-order valence-electron chi connectivity index (χ0n) is 11.5. The summed E-state index contributed by atoms with van der Waals surface area (Å²) in [5.74, 6) is 0.700. The van der Waals surface area contributed by atoms with Gasteiger partial charge in [-0.3, -0.25) is 0 Å². The molecule has 0 N–H and O–H groups in total. The summed E-state index contributed by atoms with van der Waals surface area (Å²) >= 11 is 1.77. The zero-order valence-corrected chi connectivity index (χ0v) is 12.3. The van der Waals surface area contributed by atoms with Crippen LogP contribution in [-0.2, 0) is 0 Å². The number of anilines is 1. The zero-order chi connectivity index (χ0) is 13.8. The molecule has 0 radical (unpaired) electrons. The lowest BCUT2D eigenvalue weighted by atomic mass is 10.1. The Morgan fingerprint density at radius 1 is 1.10 bits per heavy atom. The van der Waals surface area contributed by atoms with Gasteiger partial charge in [-0.2, -0.15) is 0 Å². The number of hydrogen-bond acceptors (Lipinski definition) is 5. The van der Waals surface area contributed by atoms with Crippen LogP contribution in [0.3, 0.4) is 0 Å². The average Bonchev–Trinajstić information content (AvgIpc) is 3.06. The van der Waals surface area contributed by atoms with Crippen LogP contribution in [0.15, 0.2) is 30.6 Å². The highest BCUT2D eigenvalue weighted by atomic mass is 32.1. The van der Waals surface area contributed by atoms with Gasteiger partial charge in [0.15, 0.2) is 0 Å². The Hall–Kier alpha value is -1.95. The van der Waals surface area contributed by atoms with E-state index >= 15 is 0 Å². The lowest BCUT2D eigenvalue weighted by Gasteiger charge is -2.39. The van der Waals surface area contributed by atoms with Crippen molar-refractivity contribution in [2.45, 2.75) is 24.8 Å². The van der Waals surface area contributed by atoms with E-state index in [0.29, 0.717) is 12.0 Å². The standard InChI is InChI=1S/C15H15N5S/c1-2-4-13-12(3-1)16-9-20(13)11-7-19(8-11)15-18-17-14(21-15)10-5-6-10/h1-4,9-11H,5-8H2. The van der Waals surface area contributed by atoms with Gasteiger partial charge in [-0.25, -0.2) is 4.98 Å². The molecule has 21 heavy (non-hydrogen) atoms. The maximum absolute atomic E-state index is 4.47. The summed E-state index contributed by atoms with van der Waals surface area (Å²) in [4.78, 5) is 6.80. The van der Waals surface area contributed by atoms with Gasteiger partial charge in [0.25, 0.3) is 0 Å². The molecule has 5 rings (SSSR count). The first-order valence-electron chi connectivity index (χ1n) is 7.38. The Morgan fingerprint density at radius 3 is 2.81 bits per heavy atom. The van der Waals surface area contributed by atoms with Gasteiger partial charge >= 0.3 is 0 Å². The summed E-state index contributed by atoms with van der Waals surface area (Å²) in [7, 11) is 0. The minimum Gasteiger partial charge on any atom is -0.342 e. The van der Waals surface area contributed by atoms with E-state index in [9.17, 15) is 0 Å². The van der Waals surface area contributed by atoms with Crippen molar-refractivity contribution in [3.05, 3.63) is 35.6 Å². The van der Waals surface area contributed by atoms with Crippen LogP contribution in [0.2, 0.25) is 0 Å². The van der Waals surface area contributed by atoms with Crippen molar-refractivity contribution in [2.24, 2.45) is 0 Å². The van der Waals surface area contributed by atoms with Crippen LogP contribution in [0.4, 0.5) is 5.13 Å². The molecule has 0 unspecified atom stereocenters. The van der Waals surface area contributed by atoms with Crippen LogP contribution < -0.4 is 4.90 Å². The van der Waals surface area contributed by atoms with Crippen LogP contribution in [0.1, 0.15) is 29.8 Å². The van der Waals surface area contributed by atoms with Crippen molar-refractivity contribution in [2.75, 3.05) is 18.0 Å². The topological polar surface area (TPSA) is 46.8 Å². The van der Waals surface area contributed by atoms with E-state index in [2.05, 4.69) is 42.8 Å². The van der Waals surface area contributed by atoms with Gasteiger partial charge in [0, 0.05) is 19.0 Å². The predicted octanol–water partition coefficient (Wildman–Crippen LogP) is 2.83. The quantitative estimate of drug-likeness (QED) is 0.746. The maximum atomic E-state index is 4.47. The highest BCUT2D eigenvalue weighted by Gasteiger charge is 2.33. The van der Waals surface area contributed by atoms with Crippen molar-refractivity contribution in [1.29, 1.82) is 0 Å². The lowest BCUT2D eigenvalue weighted by molar-refractivity contribution is 0.407. The normalized spacial score (nSPS) is 19.1. The Morgan fingerprint density at radius 2 is 1.95 bits per heavy atom. The number of imidazole rings is 1. The van der Waals surface area contributed by atoms with E-state index in [1.807, 2.05) is 12.4 Å². The molecule has 0 atom stereocenters. The van der Waals surface area contributed by atoms with Gasteiger partial charge in [0.05, 0.1) is 23.4 Å². The Labute approximate surface area is 126 Å². The van der Waals surface area contributed by atoms with Crippen molar-refractivity contribution in [3.8, 4) is 0 Å². The van der Waals surface area contributed by atoms with E-state index in [-0.39, 0.29) is 0 Å². The first kappa shape index (κ1) is 11.7. The fraction of sp³-hybridized carbons (Fsp3) is 0.400. The molecular weight excluding hydrogens is 282 g/mol. The molecule has 1 saturated carbocycles. The SMILES string of the molecule is c1ccc2c(c1)ncn2C1CN(c2nnc(C3CC3)s2)C1. The van der Waals surface area contributed by atoms with Crippen molar-refractivity contribution < 1.29 is 0 Å². The molecule has 2 aromatic heterocycles. The first-order valence-corrected chi connectivity index (χ1v) is 8.20. The van der Waals surface area contributed by atoms with E-state index < -0.39 is 0 Å². The molecule has 2 aliphatic rings. The van der Waals surface area contributed by atoms with Crippen molar-refractivity contribution >= 4 is 27.5 Å². The van der Waals surface area contributed by atoms with Gasteiger partial charge in [-0.05, 0) is 25.0 Å². The second kappa shape index (κ2) is 4.27. The van der Waals surface area contributed by atoms with Crippen molar-refractivity contribution in [1.82, 2.24) is 19.7 Å². The Balaban J connectivity index is 1.35. The highest BCUT2D eigenvalue weighted by molar-refractivity contribution is 7.15. The molecule has 6 heteroatoms. The molecule has 1 aromatic carbocycles. The van der Waals surface area contributed by atoms with E-state index in [1.165, 1.54) is 23.4 Å². The molecule has 3 heterocycles. The molecule has 0 bridgehead atoms. The number of rotatable bonds is 3. The molecule has 0 amide bonds. The monoisotopic (exact) mass is 297 g/mol. The molecule has 5 nitrogen and oxygen atoms in total. The van der Waals surface area contributed by atoms with Gasteiger partial charge < -0.3 is 9.47 Å². The fourth-order valence-electron chi connectivity index (χ4n) is 2.91. The summed E-state index contributed by atoms with van der Waals surface area (Å²) in [5, 5.41) is 11.0. The minimum absolute atomic E-state index is 0.491. The molecule has 106 valence electrons. The largest absolute Gasteiger partial charge is 0.342 e. The van der Waals surface area contributed by atoms with E-state index in [0.717, 1.165) is 23.7 Å². The smallest absolute Gasteiger partial charge is 0.208 e. The molecular formula is C15H15N5S. The van der Waals surface area contributed by atoms with Gasteiger partial charge in [0.2, 0.25) is 5.13 Å². The van der Waals surface area contributed by atoms with Crippen molar-refractivity contribution in [3.63, 3.8) is 0 Å². The predicted molar refractivity (Wildman–Crippen MR) is 82.9 cm³/mol. The van der Waals surface area contributed by atoms with Crippen LogP contribution in [0.5, 0.6) is 0 Å². The number of aromatic nitrogens is 4. The third kappa shape index (κ3) is 1.86. The van der Waals surface area contributed by atoms with Crippen LogP contribution >= 0.6 is 11.3 Å². The summed E-state index contributed by atoms with van der Waals surface area (Å²) in [6.07, 6.45) is 4.54. The molecule has 1 aliphatic carbocycles. The number of para-hydroxylation sites is 2. The number of nitrogens with zero attached hydrogens (tertiary/aromatic N) is 5. The second-order valence-electron chi connectivity index (χ2n) is 5.90. The Bertz CT molecular complexity index is 797. The molecule has 1 saturated heterocycles. The van der Waals surface area contributed by atoms with Gasteiger partial charge in [-0.1, -0.05) is 23.5 Å². The first-order chi connectivity index (χ1) is 10.4. The molecule has 2 fully saturated rings. The number of fused-ring (bicyclic) bond motifs is 1. The molecule has 1 aliphatic heterocycles. The second-order valence-corrected chi connectivity index (χ2v) is 6.88. The van der Waals surface area contributed by atoms with Gasteiger partial charge in [0.1, 0.15) is 5.01 Å². The van der Waals surface area contributed by atoms with Crippen LogP contribution in [-0.4, -0.2) is 32.8 Å². The summed E-state index contributed by atoms with van der Waals surface area (Å²) in [5.41, 5.74) is 2.29. The number of hydrogen-bond donors (Lipinski definition) is 0. The highest BCUT2D eigenvalue weighted by Crippen LogP contribution is 2.43. The minimum atomic E-state index is 0.491. The van der Waals surface area contributed by atoms with Crippen LogP contribution in [0, 0.1) is 0 Å². The average molecular weight is 297 g/mol. The van der Waals surface area contributed by atoms with Gasteiger partial charge in [-0.15, -0.1) is 10.2 Å². The maximum Gasteiger partial charge on any atom is 0.208 e. The van der Waals surface area contributed by atoms with Crippen LogP contribution in [0.25, 0.3) is 11.0 Å². The lowest BCUT2D eigenvalue weighted by Crippen LogP contribution is -2.47. The van der Waals surface area contributed by atoms with E-state index in [4.69, 9.17) is 0 Å². The Kier molecular flexibility index (Phi) is 2.38. The summed E-state index contributed by atoms with van der Waals surface area (Å²) in [6.45, 7) is 2.00.